The van der Waals surface area contributed by atoms with Crippen LogP contribution in [0.25, 0.3) is 11.1 Å². The molecule has 2 aromatic heterocycles. The van der Waals surface area contributed by atoms with E-state index in [9.17, 15) is 9.59 Å². The molecule has 31 heavy (non-hydrogen) atoms. The van der Waals surface area contributed by atoms with Crippen LogP contribution in [0.15, 0.2) is 36.0 Å². The molecule has 2 amide bonds. The summed E-state index contributed by atoms with van der Waals surface area (Å²) in [6.45, 7) is 2.53. The number of primary amides is 1. The van der Waals surface area contributed by atoms with Crippen molar-refractivity contribution < 1.29 is 9.59 Å². The number of carbonyl (C=O) groups excluding carboxylic acids is 2. The van der Waals surface area contributed by atoms with Gasteiger partial charge in [0.05, 0.1) is 22.9 Å². The molecule has 8 nitrogen and oxygen atoms in total. The van der Waals surface area contributed by atoms with Gasteiger partial charge in [0.25, 0.3) is 5.91 Å². The molecule has 9 heteroatoms. The summed E-state index contributed by atoms with van der Waals surface area (Å²) in [6.07, 6.45) is 3.51. The Kier molecular flexibility index (Phi) is 5.69. The van der Waals surface area contributed by atoms with Gasteiger partial charge in [-0.25, -0.2) is 15.0 Å². The molecule has 3 aromatic rings. The average molecular weight is 437 g/mol. The van der Waals surface area contributed by atoms with Gasteiger partial charge in [0.15, 0.2) is 0 Å². The molecular weight excluding hydrogens is 412 g/mol. The Morgan fingerprint density at radius 2 is 1.94 bits per heavy atom. The molecular formula is C22H24N6O2S. The van der Waals surface area contributed by atoms with Gasteiger partial charge in [-0.3, -0.25) is 9.59 Å². The third kappa shape index (κ3) is 4.00. The number of amides is 2. The Balaban J connectivity index is 1.78. The third-order valence-electron chi connectivity index (χ3n) is 5.46. The molecule has 0 spiro atoms. The van der Waals surface area contributed by atoms with E-state index in [0.29, 0.717) is 22.9 Å². The Bertz CT molecular complexity index is 1130. The minimum absolute atomic E-state index is 0.0115. The van der Waals surface area contributed by atoms with Crippen LogP contribution in [0.2, 0.25) is 0 Å². The summed E-state index contributed by atoms with van der Waals surface area (Å²) in [4.78, 5) is 42.7. The molecule has 4 rings (SSSR count). The number of benzene rings is 1. The summed E-state index contributed by atoms with van der Waals surface area (Å²) in [5.41, 5.74) is 10.8. The Hall–Kier alpha value is -3.33. The fourth-order valence-corrected chi connectivity index (χ4v) is 4.58. The van der Waals surface area contributed by atoms with E-state index >= 15 is 0 Å². The molecule has 1 atom stereocenters. The van der Waals surface area contributed by atoms with E-state index in [0.717, 1.165) is 35.4 Å². The van der Waals surface area contributed by atoms with Crippen molar-refractivity contribution in [3.8, 4) is 11.1 Å². The van der Waals surface area contributed by atoms with E-state index < -0.39 is 5.91 Å². The first-order chi connectivity index (χ1) is 14.9. The summed E-state index contributed by atoms with van der Waals surface area (Å²) >= 11 is 1.37. The molecule has 1 saturated heterocycles. The van der Waals surface area contributed by atoms with Gasteiger partial charge in [-0.05, 0) is 37.5 Å². The Morgan fingerprint density at radius 3 is 2.55 bits per heavy atom. The third-order valence-corrected chi connectivity index (χ3v) is 6.37. The zero-order valence-electron chi connectivity index (χ0n) is 17.7. The molecule has 3 heterocycles. The molecule has 0 unspecified atom stereocenters. The summed E-state index contributed by atoms with van der Waals surface area (Å²) in [6, 6.07) is 6.90. The van der Waals surface area contributed by atoms with Crippen molar-refractivity contribution in [3.63, 3.8) is 0 Å². The number of carbonyl (C=O) groups is 2. The van der Waals surface area contributed by atoms with Gasteiger partial charge < -0.3 is 15.5 Å². The fourth-order valence-electron chi connectivity index (χ4n) is 3.82. The zero-order chi connectivity index (χ0) is 22.1. The van der Waals surface area contributed by atoms with Crippen molar-refractivity contribution in [2.24, 2.45) is 5.73 Å². The van der Waals surface area contributed by atoms with Gasteiger partial charge in [-0.2, -0.15) is 0 Å². The van der Waals surface area contributed by atoms with Crippen LogP contribution >= 0.6 is 11.3 Å². The van der Waals surface area contributed by atoms with E-state index in [4.69, 9.17) is 10.7 Å². The van der Waals surface area contributed by atoms with E-state index in [1.165, 1.54) is 11.3 Å². The topological polar surface area (TPSA) is 105 Å². The number of nitrogens with two attached hydrogens (primary N) is 1. The van der Waals surface area contributed by atoms with E-state index in [-0.39, 0.29) is 11.9 Å². The highest BCUT2D eigenvalue weighted by Gasteiger charge is 2.35. The van der Waals surface area contributed by atoms with Crippen LogP contribution in [-0.2, 0) is 0 Å². The largest absolute Gasteiger partial charge is 0.366 e. The number of likely N-dealkylation sites (tertiary alicyclic amines) is 1. The lowest BCUT2D eigenvalue weighted by molar-refractivity contribution is 0.0737. The lowest BCUT2D eigenvalue weighted by Crippen LogP contribution is -2.31. The van der Waals surface area contributed by atoms with Crippen molar-refractivity contribution >= 4 is 29.1 Å². The van der Waals surface area contributed by atoms with Crippen LogP contribution in [-0.4, -0.2) is 52.3 Å². The van der Waals surface area contributed by atoms with Crippen molar-refractivity contribution in [2.45, 2.75) is 25.8 Å². The standard InChI is InChI=1S/C22H24N6O2S/c1-13-19(31-12-25-13)21(30)28-10-4-5-17(28)18-16(11-24-22(26-18)27(2)3)14-6-8-15(9-7-14)20(23)29/h6-9,11-12,17H,4-5,10H2,1-3H3,(H2,23,29)/t17-/m1/s1. The first kappa shape index (κ1) is 20.9. The predicted octanol–water partition coefficient (Wildman–Crippen LogP) is 3.05. The van der Waals surface area contributed by atoms with Crippen molar-refractivity contribution in [1.29, 1.82) is 0 Å². The minimum atomic E-state index is -0.474. The van der Waals surface area contributed by atoms with Gasteiger partial charge in [-0.15, -0.1) is 11.3 Å². The highest BCUT2D eigenvalue weighted by molar-refractivity contribution is 7.11. The second kappa shape index (κ2) is 8.43. The maximum Gasteiger partial charge on any atom is 0.266 e. The number of thiazole rings is 1. The summed E-state index contributed by atoms with van der Waals surface area (Å²) in [5.74, 6) is 0.0989. The van der Waals surface area contributed by atoms with Crippen LogP contribution in [0.3, 0.4) is 0 Å². The van der Waals surface area contributed by atoms with Gasteiger partial charge in [0.2, 0.25) is 11.9 Å². The van der Waals surface area contributed by atoms with Crippen molar-refractivity contribution in [2.75, 3.05) is 25.5 Å². The molecule has 0 saturated carbocycles. The summed E-state index contributed by atoms with van der Waals surface area (Å²) in [7, 11) is 3.78. The van der Waals surface area contributed by atoms with Crippen molar-refractivity contribution in [1.82, 2.24) is 19.9 Å². The smallest absolute Gasteiger partial charge is 0.266 e. The SMILES string of the molecule is Cc1ncsc1C(=O)N1CCC[C@@H]1c1nc(N(C)C)ncc1-c1ccc(C(N)=O)cc1. The second-order valence-electron chi connectivity index (χ2n) is 7.73. The quantitative estimate of drug-likeness (QED) is 0.659. The summed E-state index contributed by atoms with van der Waals surface area (Å²) < 4.78 is 0. The van der Waals surface area contributed by atoms with Crippen LogP contribution in [0.4, 0.5) is 5.95 Å². The Labute approximate surface area is 184 Å². The maximum absolute atomic E-state index is 13.3. The molecule has 1 aromatic carbocycles. The number of aryl methyl sites for hydroxylation is 1. The number of hydrogen-bond acceptors (Lipinski definition) is 7. The highest BCUT2D eigenvalue weighted by Crippen LogP contribution is 2.38. The number of anilines is 1. The molecule has 0 radical (unpaired) electrons. The van der Waals surface area contributed by atoms with E-state index in [1.54, 1.807) is 23.8 Å². The maximum atomic E-state index is 13.3. The van der Waals surface area contributed by atoms with Gasteiger partial charge in [-0.1, -0.05) is 12.1 Å². The minimum Gasteiger partial charge on any atom is -0.366 e. The normalized spacial score (nSPS) is 15.8. The first-order valence-electron chi connectivity index (χ1n) is 10.0. The molecule has 0 aliphatic carbocycles. The first-order valence-corrected chi connectivity index (χ1v) is 10.9. The Morgan fingerprint density at radius 1 is 1.19 bits per heavy atom. The van der Waals surface area contributed by atoms with E-state index in [1.807, 2.05) is 43.0 Å². The lowest BCUT2D eigenvalue weighted by atomic mass is 9.98. The van der Waals surface area contributed by atoms with Gasteiger partial charge in [0.1, 0.15) is 4.88 Å². The van der Waals surface area contributed by atoms with Gasteiger partial charge in [0, 0.05) is 38.0 Å². The number of nitrogens with zero attached hydrogens (tertiary/aromatic N) is 5. The summed E-state index contributed by atoms with van der Waals surface area (Å²) in [5, 5.41) is 0. The van der Waals surface area contributed by atoms with E-state index in [2.05, 4.69) is 9.97 Å². The molecule has 1 aliphatic heterocycles. The molecule has 2 N–H and O–H groups in total. The second-order valence-corrected chi connectivity index (χ2v) is 8.58. The monoisotopic (exact) mass is 436 g/mol. The number of rotatable bonds is 5. The lowest BCUT2D eigenvalue weighted by Gasteiger charge is -2.26. The van der Waals surface area contributed by atoms with Crippen LogP contribution in [0, 0.1) is 6.92 Å². The fraction of sp³-hybridized carbons (Fsp3) is 0.318. The molecule has 1 aliphatic rings. The van der Waals surface area contributed by atoms with Crippen LogP contribution in [0.1, 0.15) is 50.3 Å². The number of hydrogen-bond donors (Lipinski definition) is 1. The molecule has 160 valence electrons. The predicted molar refractivity (Wildman–Crippen MR) is 120 cm³/mol. The molecule has 1 fully saturated rings. The van der Waals surface area contributed by atoms with Gasteiger partial charge >= 0.3 is 0 Å². The van der Waals surface area contributed by atoms with Crippen molar-refractivity contribution in [3.05, 3.63) is 57.8 Å². The average Bonchev–Trinajstić information content (AvgIpc) is 3.42. The number of aromatic nitrogens is 3. The zero-order valence-corrected chi connectivity index (χ0v) is 18.5. The van der Waals surface area contributed by atoms with Crippen LogP contribution in [0.5, 0.6) is 0 Å². The molecule has 0 bridgehead atoms. The van der Waals surface area contributed by atoms with Crippen LogP contribution < -0.4 is 10.6 Å². The highest BCUT2D eigenvalue weighted by atomic mass is 32.1.